The molecule has 1 aliphatic rings. The average molecular weight is 234 g/mol. The van der Waals surface area contributed by atoms with Crippen molar-refractivity contribution in [2.45, 2.75) is 25.4 Å². The fourth-order valence-corrected chi connectivity index (χ4v) is 2.24. The Morgan fingerprint density at radius 3 is 2.53 bits per heavy atom. The van der Waals surface area contributed by atoms with E-state index in [-0.39, 0.29) is 6.17 Å². The summed E-state index contributed by atoms with van der Waals surface area (Å²) in [6.45, 7) is 1.99. The highest BCUT2D eigenvalue weighted by molar-refractivity contribution is 5.72. The number of nitrogens with one attached hydrogen (secondary N) is 1. The van der Waals surface area contributed by atoms with E-state index in [0.717, 1.165) is 18.7 Å². The molecule has 1 saturated heterocycles. The molecule has 0 saturated carbocycles. The summed E-state index contributed by atoms with van der Waals surface area (Å²) >= 11 is 0. The van der Waals surface area contributed by atoms with Gasteiger partial charge in [-0.2, -0.15) is 0 Å². The van der Waals surface area contributed by atoms with Gasteiger partial charge in [0.15, 0.2) is 0 Å². The van der Waals surface area contributed by atoms with Crippen molar-refractivity contribution in [3.05, 3.63) is 30.1 Å². The lowest BCUT2D eigenvalue weighted by atomic mass is 10.1. The monoisotopic (exact) mass is 234 g/mol. The van der Waals surface area contributed by atoms with Crippen LogP contribution in [0.1, 0.15) is 31.0 Å². The smallest absolute Gasteiger partial charge is 0.313 e. The molecule has 5 nitrogen and oxygen atoms in total. The zero-order valence-electron chi connectivity index (χ0n) is 9.80. The molecule has 2 heterocycles. The molecule has 1 aliphatic heterocycles. The molecule has 5 heteroatoms. The first kappa shape index (κ1) is 11.9. The largest absolute Gasteiger partial charge is 0.352 e. The van der Waals surface area contributed by atoms with Crippen molar-refractivity contribution in [3.8, 4) is 0 Å². The Morgan fingerprint density at radius 2 is 1.94 bits per heavy atom. The molecule has 1 aromatic heterocycles. The second-order valence-corrected chi connectivity index (χ2v) is 4.29. The maximum absolute atomic E-state index is 11.1. The van der Waals surface area contributed by atoms with Crippen LogP contribution in [-0.4, -0.2) is 29.0 Å². The van der Waals surface area contributed by atoms with E-state index in [4.69, 9.17) is 5.73 Å². The number of nitrogens with two attached hydrogens (primary N) is 1. The Bertz CT molecular complexity index is 362. The minimum absolute atomic E-state index is 0.129. The summed E-state index contributed by atoms with van der Waals surface area (Å²) < 4.78 is 0. The normalized spacial score (nSPS) is 18.6. The minimum atomic E-state index is -0.489. The number of likely N-dealkylation sites (tertiary alicyclic amines) is 1. The van der Waals surface area contributed by atoms with Crippen LogP contribution in [0.4, 0.5) is 4.79 Å². The lowest BCUT2D eigenvalue weighted by Crippen LogP contribution is -2.45. The van der Waals surface area contributed by atoms with Crippen LogP contribution in [0.25, 0.3) is 0 Å². The molecule has 1 atom stereocenters. The van der Waals surface area contributed by atoms with Gasteiger partial charge in [0.2, 0.25) is 0 Å². The number of hydrogen-bond donors (Lipinski definition) is 2. The van der Waals surface area contributed by atoms with Gasteiger partial charge in [-0.05, 0) is 30.5 Å². The molecule has 1 aromatic rings. The third kappa shape index (κ3) is 3.17. The molecule has 0 unspecified atom stereocenters. The van der Waals surface area contributed by atoms with Crippen molar-refractivity contribution in [1.29, 1.82) is 0 Å². The summed E-state index contributed by atoms with van der Waals surface area (Å²) in [5.41, 5.74) is 6.27. The number of hydrogen-bond acceptors (Lipinski definition) is 3. The van der Waals surface area contributed by atoms with Gasteiger partial charge in [-0.1, -0.05) is 6.42 Å². The number of primary amides is 1. The summed E-state index contributed by atoms with van der Waals surface area (Å²) in [5, 5.41) is 2.80. The number of piperidine rings is 1. The van der Waals surface area contributed by atoms with Crippen molar-refractivity contribution in [2.24, 2.45) is 5.73 Å². The van der Waals surface area contributed by atoms with Gasteiger partial charge in [0, 0.05) is 25.5 Å². The molecular weight excluding hydrogens is 216 g/mol. The summed E-state index contributed by atoms with van der Waals surface area (Å²) in [7, 11) is 0. The molecular formula is C12H18N4O. The van der Waals surface area contributed by atoms with Gasteiger partial charge in [-0.25, -0.2) is 4.79 Å². The lowest BCUT2D eigenvalue weighted by Gasteiger charge is -2.34. The van der Waals surface area contributed by atoms with Crippen LogP contribution in [0.15, 0.2) is 24.5 Å². The predicted molar refractivity (Wildman–Crippen MR) is 65.1 cm³/mol. The van der Waals surface area contributed by atoms with Gasteiger partial charge in [0.05, 0.1) is 0 Å². The first-order valence-corrected chi connectivity index (χ1v) is 5.97. The lowest BCUT2D eigenvalue weighted by molar-refractivity contribution is 0.141. The Hall–Kier alpha value is -1.62. The van der Waals surface area contributed by atoms with Crippen LogP contribution in [0.5, 0.6) is 0 Å². The highest BCUT2D eigenvalue weighted by Gasteiger charge is 2.22. The summed E-state index contributed by atoms with van der Waals surface area (Å²) in [4.78, 5) is 17.3. The SMILES string of the molecule is NC(=O)N[C@H](c1ccncc1)N1CCCCC1. The minimum Gasteiger partial charge on any atom is -0.352 e. The number of amides is 2. The third-order valence-corrected chi connectivity index (χ3v) is 3.06. The molecule has 0 aromatic carbocycles. The van der Waals surface area contributed by atoms with Crippen molar-refractivity contribution in [1.82, 2.24) is 15.2 Å². The van der Waals surface area contributed by atoms with Gasteiger partial charge in [-0.15, -0.1) is 0 Å². The maximum atomic E-state index is 11.1. The van der Waals surface area contributed by atoms with Crippen LogP contribution in [-0.2, 0) is 0 Å². The van der Waals surface area contributed by atoms with Crippen LogP contribution in [0.3, 0.4) is 0 Å². The number of carbonyl (C=O) groups is 1. The molecule has 0 spiro atoms. The van der Waals surface area contributed by atoms with Gasteiger partial charge in [0.25, 0.3) is 0 Å². The van der Waals surface area contributed by atoms with Crippen LogP contribution >= 0.6 is 0 Å². The van der Waals surface area contributed by atoms with Crippen LogP contribution < -0.4 is 11.1 Å². The molecule has 17 heavy (non-hydrogen) atoms. The summed E-state index contributed by atoms with van der Waals surface area (Å²) in [6, 6.07) is 3.34. The Balaban J connectivity index is 2.15. The van der Waals surface area contributed by atoms with Gasteiger partial charge < -0.3 is 11.1 Å². The topological polar surface area (TPSA) is 71.2 Å². The fraction of sp³-hybridized carbons (Fsp3) is 0.500. The molecule has 92 valence electrons. The molecule has 1 fully saturated rings. The summed E-state index contributed by atoms with van der Waals surface area (Å²) in [6.07, 6.45) is 6.93. The van der Waals surface area contributed by atoms with E-state index in [1.807, 2.05) is 12.1 Å². The number of rotatable bonds is 3. The molecule has 0 bridgehead atoms. The van der Waals surface area contributed by atoms with Crippen molar-refractivity contribution < 1.29 is 4.79 Å². The zero-order valence-corrected chi connectivity index (χ0v) is 9.80. The summed E-state index contributed by atoms with van der Waals surface area (Å²) in [5.74, 6) is 0. The van der Waals surface area contributed by atoms with Gasteiger partial charge >= 0.3 is 6.03 Å². The molecule has 2 amide bonds. The molecule has 0 radical (unpaired) electrons. The third-order valence-electron chi connectivity index (χ3n) is 3.06. The maximum Gasteiger partial charge on any atom is 0.313 e. The highest BCUT2D eigenvalue weighted by atomic mass is 16.2. The number of urea groups is 1. The van der Waals surface area contributed by atoms with Crippen LogP contribution in [0, 0.1) is 0 Å². The molecule has 3 N–H and O–H groups in total. The number of aromatic nitrogens is 1. The number of nitrogens with zero attached hydrogens (tertiary/aromatic N) is 2. The van der Waals surface area contributed by atoms with E-state index in [2.05, 4.69) is 15.2 Å². The van der Waals surface area contributed by atoms with Gasteiger partial charge in [-0.3, -0.25) is 9.88 Å². The zero-order chi connectivity index (χ0) is 12.1. The number of carbonyl (C=O) groups excluding carboxylic acids is 1. The number of pyridine rings is 1. The molecule has 2 rings (SSSR count). The van der Waals surface area contributed by atoms with E-state index >= 15 is 0 Å². The Kier molecular flexibility index (Phi) is 3.93. The first-order valence-electron chi connectivity index (χ1n) is 5.97. The Labute approximate surface area is 101 Å². The van der Waals surface area contributed by atoms with Gasteiger partial charge in [0.1, 0.15) is 6.17 Å². The van der Waals surface area contributed by atoms with E-state index in [1.54, 1.807) is 12.4 Å². The van der Waals surface area contributed by atoms with E-state index in [1.165, 1.54) is 19.3 Å². The molecule has 0 aliphatic carbocycles. The van der Waals surface area contributed by atoms with E-state index in [0.29, 0.717) is 0 Å². The first-order chi connectivity index (χ1) is 8.27. The standard InChI is InChI=1S/C12H18N4O/c13-12(17)15-11(10-4-6-14-7-5-10)16-8-2-1-3-9-16/h4-7,11H,1-3,8-9H2,(H3,13,15,17)/t11-/m0/s1. The van der Waals surface area contributed by atoms with Crippen molar-refractivity contribution >= 4 is 6.03 Å². The predicted octanol–water partition coefficient (Wildman–Crippen LogP) is 1.23. The quantitative estimate of drug-likeness (QED) is 0.826. The highest BCUT2D eigenvalue weighted by Crippen LogP contribution is 2.21. The van der Waals surface area contributed by atoms with Crippen molar-refractivity contribution in [2.75, 3.05) is 13.1 Å². The van der Waals surface area contributed by atoms with E-state index in [9.17, 15) is 4.79 Å². The van der Waals surface area contributed by atoms with Crippen molar-refractivity contribution in [3.63, 3.8) is 0 Å². The Morgan fingerprint density at radius 1 is 1.29 bits per heavy atom. The average Bonchev–Trinajstić information content (AvgIpc) is 2.38. The second-order valence-electron chi connectivity index (χ2n) is 4.29. The second kappa shape index (κ2) is 5.63. The fourth-order valence-electron chi connectivity index (χ4n) is 2.24. The van der Waals surface area contributed by atoms with Crippen LogP contribution in [0.2, 0.25) is 0 Å². The van der Waals surface area contributed by atoms with E-state index < -0.39 is 6.03 Å².